The summed E-state index contributed by atoms with van der Waals surface area (Å²) in [5, 5.41) is 8.66. The molecule has 0 fully saturated rings. The van der Waals surface area contributed by atoms with Crippen LogP contribution in [0.5, 0.6) is 5.75 Å². The zero-order valence-corrected chi connectivity index (χ0v) is 10.7. The zero-order valence-electron chi connectivity index (χ0n) is 10.7. The molecule has 19 heavy (non-hydrogen) atoms. The van der Waals surface area contributed by atoms with Crippen molar-refractivity contribution in [2.45, 2.75) is 6.42 Å². The van der Waals surface area contributed by atoms with Crippen molar-refractivity contribution in [1.29, 1.82) is 0 Å². The van der Waals surface area contributed by atoms with E-state index in [9.17, 15) is 0 Å². The Balaban J connectivity index is 1.89. The van der Waals surface area contributed by atoms with Crippen LogP contribution in [0.3, 0.4) is 0 Å². The fraction of sp³-hybridized carbons (Fsp3) is 0.176. The lowest BCUT2D eigenvalue weighted by Gasteiger charge is -2.06. The second-order valence-corrected chi connectivity index (χ2v) is 4.07. The SMILES string of the molecule is OCC#Cc1cccc(OCCc2ccccc2)c1. The highest BCUT2D eigenvalue weighted by atomic mass is 16.5. The Labute approximate surface area is 113 Å². The van der Waals surface area contributed by atoms with Crippen molar-refractivity contribution in [3.8, 4) is 17.6 Å². The third kappa shape index (κ3) is 4.50. The smallest absolute Gasteiger partial charge is 0.120 e. The van der Waals surface area contributed by atoms with Gasteiger partial charge >= 0.3 is 0 Å². The first-order chi connectivity index (χ1) is 9.38. The van der Waals surface area contributed by atoms with Gasteiger partial charge in [0.25, 0.3) is 0 Å². The maximum absolute atomic E-state index is 8.66. The molecule has 96 valence electrons. The lowest BCUT2D eigenvalue weighted by atomic mass is 10.2. The monoisotopic (exact) mass is 252 g/mol. The Morgan fingerprint density at radius 3 is 2.63 bits per heavy atom. The van der Waals surface area contributed by atoms with Gasteiger partial charge in [-0.05, 0) is 23.8 Å². The summed E-state index contributed by atoms with van der Waals surface area (Å²) in [5.41, 5.74) is 2.12. The van der Waals surface area contributed by atoms with Crippen LogP contribution in [0.2, 0.25) is 0 Å². The van der Waals surface area contributed by atoms with E-state index in [0.717, 1.165) is 17.7 Å². The molecule has 1 N–H and O–H groups in total. The Bertz CT molecular complexity index is 565. The highest BCUT2D eigenvalue weighted by Gasteiger charge is 1.96. The number of hydrogen-bond donors (Lipinski definition) is 1. The van der Waals surface area contributed by atoms with Crippen molar-refractivity contribution >= 4 is 0 Å². The summed E-state index contributed by atoms with van der Waals surface area (Å²) in [6.07, 6.45) is 0.882. The van der Waals surface area contributed by atoms with Gasteiger partial charge in [0.15, 0.2) is 0 Å². The van der Waals surface area contributed by atoms with E-state index in [1.165, 1.54) is 5.56 Å². The Hall–Kier alpha value is -2.24. The van der Waals surface area contributed by atoms with Crippen molar-refractivity contribution < 1.29 is 9.84 Å². The standard InChI is InChI=1S/C17H16O2/c18-12-5-9-16-8-4-10-17(14-16)19-13-11-15-6-2-1-3-7-15/h1-4,6-8,10,14,18H,11-13H2. The molecule has 0 radical (unpaired) electrons. The fourth-order valence-corrected chi connectivity index (χ4v) is 1.74. The molecule has 0 amide bonds. The maximum Gasteiger partial charge on any atom is 0.120 e. The van der Waals surface area contributed by atoms with E-state index in [2.05, 4.69) is 24.0 Å². The molecule has 2 heteroatoms. The van der Waals surface area contributed by atoms with Crippen molar-refractivity contribution in [2.24, 2.45) is 0 Å². The van der Waals surface area contributed by atoms with Crippen LogP contribution in [-0.4, -0.2) is 18.3 Å². The molecule has 0 saturated carbocycles. The van der Waals surface area contributed by atoms with Crippen LogP contribution < -0.4 is 4.74 Å². The summed E-state index contributed by atoms with van der Waals surface area (Å²) in [4.78, 5) is 0. The quantitative estimate of drug-likeness (QED) is 0.848. The number of ether oxygens (including phenoxy) is 1. The Morgan fingerprint density at radius 2 is 1.84 bits per heavy atom. The van der Waals surface area contributed by atoms with Crippen LogP contribution in [0.25, 0.3) is 0 Å². The molecule has 0 heterocycles. The molecule has 0 spiro atoms. The van der Waals surface area contributed by atoms with Gasteiger partial charge in [-0.25, -0.2) is 0 Å². The molecule has 0 saturated heterocycles. The van der Waals surface area contributed by atoms with Gasteiger partial charge in [-0.3, -0.25) is 0 Å². The zero-order chi connectivity index (χ0) is 13.3. The molecule has 2 aromatic carbocycles. The van der Waals surface area contributed by atoms with Gasteiger partial charge in [0.05, 0.1) is 6.61 Å². The molecule has 0 aliphatic rings. The first-order valence-electron chi connectivity index (χ1n) is 6.25. The average molecular weight is 252 g/mol. The number of aliphatic hydroxyl groups is 1. The van der Waals surface area contributed by atoms with Gasteiger partial charge in [-0.15, -0.1) is 0 Å². The van der Waals surface area contributed by atoms with Gasteiger partial charge in [0.2, 0.25) is 0 Å². The van der Waals surface area contributed by atoms with Gasteiger partial charge in [0, 0.05) is 12.0 Å². The van der Waals surface area contributed by atoms with Crippen LogP contribution in [0, 0.1) is 11.8 Å². The number of aliphatic hydroxyl groups excluding tert-OH is 1. The summed E-state index contributed by atoms with van der Waals surface area (Å²) in [6.45, 7) is 0.514. The van der Waals surface area contributed by atoms with E-state index < -0.39 is 0 Å². The molecule has 0 bridgehead atoms. The third-order valence-corrected chi connectivity index (χ3v) is 2.65. The second-order valence-electron chi connectivity index (χ2n) is 4.07. The Kier molecular flexibility index (Phi) is 5.04. The molecule has 2 aromatic rings. The predicted molar refractivity (Wildman–Crippen MR) is 76.0 cm³/mol. The predicted octanol–water partition coefficient (Wildman–Crippen LogP) is 2.65. The van der Waals surface area contributed by atoms with Crippen molar-refractivity contribution in [3.05, 3.63) is 65.7 Å². The summed E-state index contributed by atoms with van der Waals surface area (Å²) in [5.74, 6) is 6.29. The summed E-state index contributed by atoms with van der Waals surface area (Å²) < 4.78 is 5.70. The minimum atomic E-state index is -0.126. The summed E-state index contributed by atoms with van der Waals surface area (Å²) in [6, 6.07) is 17.8. The topological polar surface area (TPSA) is 29.5 Å². The minimum absolute atomic E-state index is 0.126. The van der Waals surface area contributed by atoms with E-state index >= 15 is 0 Å². The molecule has 0 atom stereocenters. The van der Waals surface area contributed by atoms with Crippen molar-refractivity contribution in [2.75, 3.05) is 13.2 Å². The number of hydrogen-bond acceptors (Lipinski definition) is 2. The number of rotatable bonds is 4. The molecule has 0 aliphatic heterocycles. The van der Waals surface area contributed by atoms with Gasteiger partial charge in [-0.1, -0.05) is 48.2 Å². The van der Waals surface area contributed by atoms with Crippen LogP contribution in [0.1, 0.15) is 11.1 Å². The molecule has 2 rings (SSSR count). The molecular weight excluding hydrogens is 236 g/mol. The minimum Gasteiger partial charge on any atom is -0.493 e. The largest absolute Gasteiger partial charge is 0.493 e. The third-order valence-electron chi connectivity index (χ3n) is 2.65. The fourth-order valence-electron chi connectivity index (χ4n) is 1.74. The average Bonchev–Trinajstić information content (AvgIpc) is 2.47. The molecule has 0 unspecified atom stereocenters. The van der Waals surface area contributed by atoms with E-state index in [4.69, 9.17) is 9.84 Å². The van der Waals surface area contributed by atoms with Crippen molar-refractivity contribution in [1.82, 2.24) is 0 Å². The van der Waals surface area contributed by atoms with Crippen molar-refractivity contribution in [3.63, 3.8) is 0 Å². The maximum atomic E-state index is 8.66. The van der Waals surface area contributed by atoms with Gasteiger partial charge < -0.3 is 9.84 Å². The molecular formula is C17H16O2. The van der Waals surface area contributed by atoms with Crippen LogP contribution in [0.15, 0.2) is 54.6 Å². The highest BCUT2D eigenvalue weighted by molar-refractivity contribution is 5.39. The molecule has 0 aliphatic carbocycles. The van der Waals surface area contributed by atoms with Crippen LogP contribution in [-0.2, 0) is 6.42 Å². The second kappa shape index (κ2) is 7.25. The van der Waals surface area contributed by atoms with E-state index in [0.29, 0.717) is 6.61 Å². The van der Waals surface area contributed by atoms with Gasteiger partial charge in [-0.2, -0.15) is 0 Å². The normalized spacial score (nSPS) is 9.53. The molecule has 0 aromatic heterocycles. The summed E-state index contributed by atoms with van der Waals surface area (Å²) in [7, 11) is 0. The summed E-state index contributed by atoms with van der Waals surface area (Å²) >= 11 is 0. The Morgan fingerprint density at radius 1 is 1.00 bits per heavy atom. The lowest BCUT2D eigenvalue weighted by Crippen LogP contribution is -2.01. The van der Waals surface area contributed by atoms with Crippen LogP contribution >= 0.6 is 0 Å². The van der Waals surface area contributed by atoms with E-state index in [-0.39, 0.29) is 6.61 Å². The highest BCUT2D eigenvalue weighted by Crippen LogP contribution is 2.13. The lowest BCUT2D eigenvalue weighted by molar-refractivity contribution is 0.322. The molecule has 2 nitrogen and oxygen atoms in total. The van der Waals surface area contributed by atoms with Crippen LogP contribution in [0.4, 0.5) is 0 Å². The first-order valence-corrected chi connectivity index (χ1v) is 6.25. The van der Waals surface area contributed by atoms with Gasteiger partial charge in [0.1, 0.15) is 12.4 Å². The van der Waals surface area contributed by atoms with E-state index in [1.54, 1.807) is 0 Å². The van der Waals surface area contributed by atoms with E-state index in [1.807, 2.05) is 42.5 Å². The number of benzene rings is 2. The first kappa shape index (κ1) is 13.2.